The highest BCUT2D eigenvalue weighted by atomic mass is 35.5. The molecule has 0 spiro atoms. The molecule has 2 aromatic carbocycles. The summed E-state index contributed by atoms with van der Waals surface area (Å²) in [5, 5.41) is 11.1. The second-order valence-electron chi connectivity index (χ2n) is 4.00. The number of alkyl halides is 1. The maximum atomic E-state index is 10.7. The Labute approximate surface area is 140 Å². The maximum Gasteiger partial charge on any atom is 0.272 e. The van der Waals surface area contributed by atoms with Gasteiger partial charge in [-0.15, -0.1) is 11.6 Å². The number of nitro benzene ring substituents is 1. The monoisotopic (exact) mass is 365 g/mol. The molecule has 0 atom stereocenters. The topological polar surface area (TPSA) is 52.4 Å². The molecule has 8 heteroatoms. The fraction of sp³-hybridized carbons (Fsp3) is 0.0769. The number of non-ortho nitro benzene ring substituents is 1. The van der Waals surface area contributed by atoms with E-state index in [9.17, 15) is 10.1 Å². The first-order valence-electron chi connectivity index (χ1n) is 5.58. The van der Waals surface area contributed by atoms with Crippen LogP contribution in [-0.4, -0.2) is 4.92 Å². The molecule has 2 rings (SSSR count). The van der Waals surface area contributed by atoms with Crippen molar-refractivity contribution in [2.24, 2.45) is 0 Å². The van der Waals surface area contributed by atoms with Crippen molar-refractivity contribution in [2.45, 2.75) is 5.88 Å². The molecule has 110 valence electrons. The van der Waals surface area contributed by atoms with Crippen LogP contribution in [0.3, 0.4) is 0 Å². The third kappa shape index (κ3) is 3.71. The third-order valence-corrected chi connectivity index (χ3v) is 3.72. The molecule has 0 aliphatic heterocycles. The minimum atomic E-state index is -0.593. The van der Waals surface area contributed by atoms with E-state index >= 15 is 0 Å². The van der Waals surface area contributed by atoms with Gasteiger partial charge in [-0.1, -0.05) is 40.9 Å². The van der Waals surface area contributed by atoms with Gasteiger partial charge in [-0.3, -0.25) is 10.1 Å². The quantitative estimate of drug-likeness (QED) is 0.374. The van der Waals surface area contributed by atoms with Crippen molar-refractivity contribution in [1.29, 1.82) is 0 Å². The number of rotatable bonds is 4. The largest absolute Gasteiger partial charge is 0.453 e. The lowest BCUT2D eigenvalue weighted by atomic mass is 10.2. The Hall–Kier alpha value is -1.20. The first-order chi connectivity index (χ1) is 9.92. The summed E-state index contributed by atoms with van der Waals surface area (Å²) in [5.41, 5.74) is 0.607. The van der Waals surface area contributed by atoms with Crippen LogP contribution >= 0.6 is 46.4 Å². The Kier molecular flexibility index (Phi) is 5.17. The summed E-state index contributed by atoms with van der Waals surface area (Å²) in [6.45, 7) is 0. The number of halogens is 4. The Morgan fingerprint density at radius 1 is 1.05 bits per heavy atom. The average Bonchev–Trinajstić information content (AvgIpc) is 2.43. The van der Waals surface area contributed by atoms with Crippen molar-refractivity contribution in [3.05, 3.63) is 61.1 Å². The zero-order valence-electron chi connectivity index (χ0n) is 10.3. The van der Waals surface area contributed by atoms with Gasteiger partial charge in [0, 0.05) is 18.0 Å². The van der Waals surface area contributed by atoms with E-state index in [1.807, 2.05) is 0 Å². The van der Waals surface area contributed by atoms with Crippen molar-refractivity contribution in [3.8, 4) is 11.5 Å². The molecular weight excluding hydrogens is 360 g/mol. The SMILES string of the molecule is O=[N+]([O-])c1cc(Cl)c(Oc2ccc(CCl)cc2Cl)c(Cl)c1. The molecule has 0 amide bonds. The Morgan fingerprint density at radius 3 is 2.14 bits per heavy atom. The van der Waals surface area contributed by atoms with E-state index in [1.165, 1.54) is 0 Å². The highest BCUT2D eigenvalue weighted by Gasteiger charge is 2.17. The predicted molar refractivity (Wildman–Crippen MR) is 84.2 cm³/mol. The molecule has 0 fully saturated rings. The van der Waals surface area contributed by atoms with Gasteiger partial charge in [0.15, 0.2) is 5.75 Å². The number of hydrogen-bond acceptors (Lipinski definition) is 3. The van der Waals surface area contributed by atoms with Gasteiger partial charge < -0.3 is 4.74 Å². The molecule has 0 radical (unpaired) electrons. The normalized spacial score (nSPS) is 10.5. The Morgan fingerprint density at radius 2 is 1.67 bits per heavy atom. The van der Waals surface area contributed by atoms with Crippen LogP contribution in [0.2, 0.25) is 15.1 Å². The standard InChI is InChI=1S/C13H7Cl4NO3/c14-6-7-1-2-12(9(15)3-7)21-13-10(16)4-8(18(19)20)5-11(13)17/h1-5H,6H2. The summed E-state index contributed by atoms with van der Waals surface area (Å²) in [5.74, 6) is 0.742. The second kappa shape index (κ2) is 6.71. The van der Waals surface area contributed by atoms with Crippen LogP contribution in [0, 0.1) is 10.1 Å². The molecule has 0 unspecified atom stereocenters. The highest BCUT2D eigenvalue weighted by molar-refractivity contribution is 6.37. The molecule has 0 saturated heterocycles. The lowest BCUT2D eigenvalue weighted by molar-refractivity contribution is -0.384. The first kappa shape index (κ1) is 16.2. The van der Waals surface area contributed by atoms with Gasteiger partial charge in [0.2, 0.25) is 0 Å². The molecule has 0 bridgehead atoms. The van der Waals surface area contributed by atoms with Crippen molar-refractivity contribution in [1.82, 2.24) is 0 Å². The minimum absolute atomic E-state index is 0.0201. The molecule has 0 heterocycles. The van der Waals surface area contributed by atoms with Gasteiger partial charge in [-0.2, -0.15) is 0 Å². The van der Waals surface area contributed by atoms with E-state index in [1.54, 1.807) is 18.2 Å². The van der Waals surface area contributed by atoms with Gasteiger partial charge in [-0.25, -0.2) is 0 Å². The van der Waals surface area contributed by atoms with E-state index in [4.69, 9.17) is 51.1 Å². The summed E-state index contributed by atoms with van der Waals surface area (Å²) in [4.78, 5) is 10.1. The molecule has 0 saturated carbocycles. The highest BCUT2D eigenvalue weighted by Crippen LogP contribution is 2.41. The van der Waals surface area contributed by atoms with Crippen LogP contribution in [0.4, 0.5) is 5.69 Å². The van der Waals surface area contributed by atoms with E-state index in [-0.39, 0.29) is 21.5 Å². The van der Waals surface area contributed by atoms with Gasteiger partial charge >= 0.3 is 0 Å². The van der Waals surface area contributed by atoms with Gasteiger partial charge in [0.05, 0.1) is 20.0 Å². The number of hydrogen-bond donors (Lipinski definition) is 0. The lowest BCUT2D eigenvalue weighted by Crippen LogP contribution is -1.92. The fourth-order valence-corrected chi connectivity index (χ4v) is 2.53. The van der Waals surface area contributed by atoms with Crippen molar-refractivity contribution >= 4 is 52.1 Å². The Balaban J connectivity index is 2.38. The molecule has 0 N–H and O–H groups in total. The zero-order chi connectivity index (χ0) is 15.6. The molecule has 2 aromatic rings. The average molecular weight is 367 g/mol. The molecule has 4 nitrogen and oxygen atoms in total. The first-order valence-corrected chi connectivity index (χ1v) is 7.25. The summed E-state index contributed by atoms with van der Waals surface area (Å²) in [7, 11) is 0. The maximum absolute atomic E-state index is 10.7. The van der Waals surface area contributed by atoms with E-state index in [0.717, 1.165) is 17.7 Å². The number of benzene rings is 2. The molecule has 0 aromatic heterocycles. The molecule has 0 aliphatic rings. The number of ether oxygens (including phenoxy) is 1. The molecule has 21 heavy (non-hydrogen) atoms. The van der Waals surface area contributed by atoms with Crippen LogP contribution in [0.5, 0.6) is 11.5 Å². The van der Waals surface area contributed by atoms with Crippen LogP contribution in [-0.2, 0) is 5.88 Å². The second-order valence-corrected chi connectivity index (χ2v) is 5.48. The predicted octanol–water partition coefficient (Wildman–Crippen LogP) is 6.09. The van der Waals surface area contributed by atoms with Crippen LogP contribution in [0.25, 0.3) is 0 Å². The van der Waals surface area contributed by atoms with Crippen molar-refractivity contribution < 1.29 is 9.66 Å². The number of nitro groups is 1. The van der Waals surface area contributed by atoms with E-state index < -0.39 is 4.92 Å². The number of nitrogens with zero attached hydrogens (tertiary/aromatic N) is 1. The molecular formula is C13H7Cl4NO3. The summed E-state index contributed by atoms with van der Waals surface area (Å²) >= 11 is 23.7. The van der Waals surface area contributed by atoms with E-state index in [2.05, 4.69) is 0 Å². The van der Waals surface area contributed by atoms with Gasteiger partial charge in [-0.05, 0) is 17.7 Å². The Bertz CT molecular complexity index is 683. The van der Waals surface area contributed by atoms with Gasteiger partial charge in [0.25, 0.3) is 5.69 Å². The van der Waals surface area contributed by atoms with Crippen molar-refractivity contribution in [2.75, 3.05) is 0 Å². The van der Waals surface area contributed by atoms with Crippen LogP contribution in [0.1, 0.15) is 5.56 Å². The summed E-state index contributed by atoms with van der Waals surface area (Å²) < 4.78 is 5.54. The fourth-order valence-electron chi connectivity index (χ4n) is 1.57. The van der Waals surface area contributed by atoms with Crippen LogP contribution in [0.15, 0.2) is 30.3 Å². The van der Waals surface area contributed by atoms with Gasteiger partial charge in [0.1, 0.15) is 5.75 Å². The van der Waals surface area contributed by atoms with Crippen LogP contribution < -0.4 is 4.74 Å². The summed E-state index contributed by atoms with van der Waals surface area (Å²) in [6.07, 6.45) is 0. The lowest BCUT2D eigenvalue weighted by Gasteiger charge is -2.11. The smallest absolute Gasteiger partial charge is 0.272 e. The zero-order valence-corrected chi connectivity index (χ0v) is 13.3. The molecule has 0 aliphatic carbocycles. The summed E-state index contributed by atoms with van der Waals surface area (Å²) in [6, 6.07) is 7.32. The van der Waals surface area contributed by atoms with E-state index in [0.29, 0.717) is 16.7 Å². The third-order valence-electron chi connectivity index (χ3n) is 2.56. The minimum Gasteiger partial charge on any atom is -0.453 e. The van der Waals surface area contributed by atoms with Crippen molar-refractivity contribution in [3.63, 3.8) is 0 Å².